The largest absolute Gasteiger partial charge is 0.484 e. The lowest BCUT2D eigenvalue weighted by molar-refractivity contribution is 0.202. The van der Waals surface area contributed by atoms with Gasteiger partial charge in [-0.05, 0) is 59.3 Å². The van der Waals surface area contributed by atoms with Crippen LogP contribution < -0.4 is 10.1 Å². The third-order valence-electron chi connectivity index (χ3n) is 3.00. The van der Waals surface area contributed by atoms with Crippen LogP contribution in [0.15, 0.2) is 54.6 Å². The second kappa shape index (κ2) is 8.27. The van der Waals surface area contributed by atoms with E-state index in [1.165, 1.54) is 9.13 Å². The standard InChI is InChI=1S/C17H20INO/c1-2-11-19-13-17(14-7-4-3-5-8-14)20-16-10-6-9-15(18)12-16/h3-10,12,17,19H,2,11,13H2,1H3. The molecular formula is C17H20INO. The summed E-state index contributed by atoms with van der Waals surface area (Å²) in [5, 5.41) is 3.44. The first-order chi connectivity index (χ1) is 9.79. The van der Waals surface area contributed by atoms with Crippen molar-refractivity contribution in [1.82, 2.24) is 5.32 Å². The predicted molar refractivity (Wildman–Crippen MR) is 92.1 cm³/mol. The highest BCUT2D eigenvalue weighted by atomic mass is 127. The van der Waals surface area contributed by atoms with Gasteiger partial charge in [0.25, 0.3) is 0 Å². The summed E-state index contributed by atoms with van der Waals surface area (Å²) in [5.41, 5.74) is 1.20. The molecular weight excluding hydrogens is 361 g/mol. The molecule has 0 saturated carbocycles. The zero-order valence-corrected chi connectivity index (χ0v) is 13.8. The first kappa shape index (κ1) is 15.3. The number of rotatable bonds is 7. The van der Waals surface area contributed by atoms with Crippen LogP contribution >= 0.6 is 22.6 Å². The maximum atomic E-state index is 6.16. The molecule has 0 bridgehead atoms. The molecule has 0 radical (unpaired) electrons. The van der Waals surface area contributed by atoms with Gasteiger partial charge in [-0.2, -0.15) is 0 Å². The third-order valence-corrected chi connectivity index (χ3v) is 3.67. The molecule has 2 aromatic carbocycles. The van der Waals surface area contributed by atoms with Crippen molar-refractivity contribution in [1.29, 1.82) is 0 Å². The van der Waals surface area contributed by atoms with Crippen LogP contribution in [0.25, 0.3) is 0 Å². The van der Waals surface area contributed by atoms with Gasteiger partial charge in [-0.3, -0.25) is 0 Å². The zero-order valence-electron chi connectivity index (χ0n) is 11.7. The minimum absolute atomic E-state index is 0.0425. The lowest BCUT2D eigenvalue weighted by Gasteiger charge is -2.20. The van der Waals surface area contributed by atoms with E-state index < -0.39 is 0 Å². The Morgan fingerprint density at radius 2 is 1.90 bits per heavy atom. The Bertz CT molecular complexity index is 515. The Morgan fingerprint density at radius 1 is 1.10 bits per heavy atom. The normalized spacial score (nSPS) is 12.1. The van der Waals surface area contributed by atoms with Gasteiger partial charge in [-0.1, -0.05) is 43.3 Å². The highest BCUT2D eigenvalue weighted by molar-refractivity contribution is 14.1. The van der Waals surface area contributed by atoms with Gasteiger partial charge >= 0.3 is 0 Å². The Hall–Kier alpha value is -1.07. The molecule has 20 heavy (non-hydrogen) atoms. The molecule has 2 aromatic rings. The molecule has 0 heterocycles. The number of nitrogens with one attached hydrogen (secondary N) is 1. The molecule has 0 aliphatic rings. The van der Waals surface area contributed by atoms with Gasteiger partial charge in [0, 0.05) is 10.1 Å². The minimum Gasteiger partial charge on any atom is -0.484 e. The molecule has 1 atom stereocenters. The Balaban J connectivity index is 2.10. The summed E-state index contributed by atoms with van der Waals surface area (Å²) in [6.07, 6.45) is 1.17. The van der Waals surface area contributed by atoms with Crippen molar-refractivity contribution >= 4 is 22.6 Å². The summed E-state index contributed by atoms with van der Waals surface area (Å²) in [5.74, 6) is 0.920. The Kier molecular flexibility index (Phi) is 6.33. The Morgan fingerprint density at radius 3 is 2.60 bits per heavy atom. The molecule has 106 valence electrons. The summed E-state index contributed by atoms with van der Waals surface area (Å²) in [4.78, 5) is 0. The van der Waals surface area contributed by atoms with Crippen molar-refractivity contribution < 1.29 is 4.74 Å². The van der Waals surface area contributed by atoms with Crippen LogP contribution in [0.5, 0.6) is 5.75 Å². The van der Waals surface area contributed by atoms with E-state index in [4.69, 9.17) is 4.74 Å². The molecule has 0 aliphatic carbocycles. The van der Waals surface area contributed by atoms with Crippen molar-refractivity contribution in [2.75, 3.05) is 13.1 Å². The fourth-order valence-corrected chi connectivity index (χ4v) is 2.52. The van der Waals surface area contributed by atoms with Crippen LogP contribution in [0, 0.1) is 3.57 Å². The van der Waals surface area contributed by atoms with Crippen LogP contribution in [0.1, 0.15) is 25.0 Å². The fourth-order valence-electron chi connectivity index (χ4n) is 2.01. The summed E-state index contributed by atoms with van der Waals surface area (Å²) >= 11 is 2.31. The van der Waals surface area contributed by atoms with Gasteiger partial charge in [0.15, 0.2) is 0 Å². The fraction of sp³-hybridized carbons (Fsp3) is 0.294. The average Bonchev–Trinajstić information content (AvgIpc) is 2.47. The second-order valence-corrected chi connectivity index (χ2v) is 5.92. The maximum absolute atomic E-state index is 6.16. The SMILES string of the molecule is CCCNCC(Oc1cccc(I)c1)c1ccccc1. The number of hydrogen-bond acceptors (Lipinski definition) is 2. The van der Waals surface area contributed by atoms with Crippen molar-refractivity contribution in [3.8, 4) is 5.75 Å². The van der Waals surface area contributed by atoms with Crippen molar-refractivity contribution in [3.05, 3.63) is 63.7 Å². The molecule has 0 spiro atoms. The van der Waals surface area contributed by atoms with Gasteiger partial charge in [-0.25, -0.2) is 0 Å². The number of halogens is 1. The third kappa shape index (κ3) is 4.80. The molecule has 0 aliphatic heterocycles. The maximum Gasteiger partial charge on any atom is 0.136 e. The van der Waals surface area contributed by atoms with Gasteiger partial charge < -0.3 is 10.1 Å². The van der Waals surface area contributed by atoms with Gasteiger partial charge in [-0.15, -0.1) is 0 Å². The summed E-state index contributed by atoms with van der Waals surface area (Å²) in [7, 11) is 0. The Labute approximate surface area is 134 Å². The van der Waals surface area contributed by atoms with Gasteiger partial charge in [0.05, 0.1) is 0 Å². The van der Waals surface area contributed by atoms with Crippen molar-refractivity contribution in [3.63, 3.8) is 0 Å². The molecule has 3 heteroatoms. The number of hydrogen-bond donors (Lipinski definition) is 1. The summed E-state index contributed by atoms with van der Waals surface area (Å²) in [6, 6.07) is 18.6. The second-order valence-electron chi connectivity index (χ2n) is 4.68. The topological polar surface area (TPSA) is 21.3 Å². The van der Waals surface area contributed by atoms with Gasteiger partial charge in [0.1, 0.15) is 11.9 Å². The summed E-state index contributed by atoms with van der Waals surface area (Å²) in [6.45, 7) is 4.01. The quantitative estimate of drug-likeness (QED) is 0.567. The molecule has 0 saturated heterocycles. The van der Waals surface area contributed by atoms with Crippen molar-refractivity contribution in [2.45, 2.75) is 19.4 Å². The molecule has 0 fully saturated rings. The van der Waals surface area contributed by atoms with Gasteiger partial charge in [0.2, 0.25) is 0 Å². The smallest absolute Gasteiger partial charge is 0.136 e. The van der Waals surface area contributed by atoms with E-state index in [1.807, 2.05) is 18.2 Å². The van der Waals surface area contributed by atoms with E-state index in [-0.39, 0.29) is 6.10 Å². The molecule has 0 aromatic heterocycles. The van der Waals surface area contributed by atoms with Crippen LogP contribution in [-0.2, 0) is 0 Å². The lowest BCUT2D eigenvalue weighted by Crippen LogP contribution is -2.25. The number of ether oxygens (including phenoxy) is 1. The van der Waals surface area contributed by atoms with E-state index in [0.29, 0.717) is 0 Å². The zero-order chi connectivity index (χ0) is 14.2. The van der Waals surface area contributed by atoms with Crippen LogP contribution in [0.3, 0.4) is 0 Å². The summed E-state index contributed by atoms with van der Waals surface area (Å²) < 4.78 is 7.35. The van der Waals surface area contributed by atoms with E-state index in [0.717, 1.165) is 25.3 Å². The van der Waals surface area contributed by atoms with Crippen LogP contribution in [0.2, 0.25) is 0 Å². The van der Waals surface area contributed by atoms with Crippen molar-refractivity contribution in [2.24, 2.45) is 0 Å². The molecule has 1 unspecified atom stereocenters. The highest BCUT2D eigenvalue weighted by Gasteiger charge is 2.12. The number of benzene rings is 2. The first-order valence-corrected chi connectivity index (χ1v) is 8.05. The van der Waals surface area contributed by atoms with E-state index in [9.17, 15) is 0 Å². The monoisotopic (exact) mass is 381 g/mol. The molecule has 2 nitrogen and oxygen atoms in total. The van der Waals surface area contributed by atoms with E-state index in [1.54, 1.807) is 0 Å². The predicted octanol–water partition coefficient (Wildman–Crippen LogP) is 4.41. The molecule has 1 N–H and O–H groups in total. The molecule has 2 rings (SSSR count). The molecule has 0 amide bonds. The average molecular weight is 381 g/mol. The first-order valence-electron chi connectivity index (χ1n) is 6.97. The minimum atomic E-state index is 0.0425. The van der Waals surface area contributed by atoms with Crippen LogP contribution in [-0.4, -0.2) is 13.1 Å². The van der Waals surface area contributed by atoms with E-state index >= 15 is 0 Å². The lowest BCUT2D eigenvalue weighted by atomic mass is 10.1. The van der Waals surface area contributed by atoms with E-state index in [2.05, 4.69) is 71.2 Å². The van der Waals surface area contributed by atoms with Crippen LogP contribution in [0.4, 0.5) is 0 Å². The highest BCUT2D eigenvalue weighted by Crippen LogP contribution is 2.23.